The lowest BCUT2D eigenvalue weighted by Gasteiger charge is -2.20. The van der Waals surface area contributed by atoms with Crippen LogP contribution in [0.25, 0.3) is 49.5 Å². The number of para-hydroxylation sites is 1. The molecule has 0 spiro atoms. The van der Waals surface area contributed by atoms with E-state index in [1.54, 1.807) is 0 Å². The van der Waals surface area contributed by atoms with Crippen LogP contribution in [-0.2, 0) is 5.41 Å². The SMILES string of the molecule is CN1C=CN(c2ccc3cccc(-c4ccc5c6ccccc6n(-c6cc(C(C)(C)C)ccn6)c5c4)c3c2)C1. The Morgan fingerprint density at radius 1 is 0.718 bits per heavy atom. The van der Waals surface area contributed by atoms with E-state index in [0.717, 1.165) is 12.5 Å². The highest BCUT2D eigenvalue weighted by molar-refractivity contribution is 6.11. The van der Waals surface area contributed by atoms with Gasteiger partial charge in [-0.15, -0.1) is 0 Å². The number of fused-ring (bicyclic) bond motifs is 4. The number of hydrogen-bond donors (Lipinski definition) is 0. The lowest BCUT2D eigenvalue weighted by Crippen LogP contribution is -2.21. The Kier molecular flexibility index (Phi) is 5.27. The molecule has 0 fully saturated rings. The summed E-state index contributed by atoms with van der Waals surface area (Å²) in [6, 6.07) is 33.3. The Bertz CT molecular complexity index is 1900. The van der Waals surface area contributed by atoms with Gasteiger partial charge in [-0.1, -0.05) is 75.4 Å². The second kappa shape index (κ2) is 8.74. The molecular formula is C35H32N4. The number of anilines is 1. The van der Waals surface area contributed by atoms with Gasteiger partial charge >= 0.3 is 0 Å². The molecule has 6 aromatic rings. The van der Waals surface area contributed by atoms with Gasteiger partial charge in [-0.2, -0.15) is 0 Å². The van der Waals surface area contributed by atoms with Gasteiger partial charge in [-0.3, -0.25) is 4.57 Å². The molecule has 4 aromatic carbocycles. The number of nitrogens with zero attached hydrogens (tertiary/aromatic N) is 4. The smallest absolute Gasteiger partial charge is 0.137 e. The molecule has 0 N–H and O–H groups in total. The molecule has 2 aromatic heterocycles. The Morgan fingerprint density at radius 3 is 2.38 bits per heavy atom. The number of benzene rings is 4. The van der Waals surface area contributed by atoms with Crippen molar-refractivity contribution in [3.63, 3.8) is 0 Å². The first-order valence-corrected chi connectivity index (χ1v) is 13.6. The summed E-state index contributed by atoms with van der Waals surface area (Å²) in [6.45, 7) is 7.61. The Morgan fingerprint density at radius 2 is 1.56 bits per heavy atom. The lowest BCUT2D eigenvalue weighted by atomic mass is 9.88. The zero-order chi connectivity index (χ0) is 26.7. The van der Waals surface area contributed by atoms with Gasteiger partial charge in [-0.05, 0) is 69.3 Å². The van der Waals surface area contributed by atoms with Crippen molar-refractivity contribution in [2.24, 2.45) is 0 Å². The van der Waals surface area contributed by atoms with Crippen LogP contribution in [0.15, 0.2) is 110 Å². The fraction of sp³-hybridized carbons (Fsp3) is 0.171. The van der Waals surface area contributed by atoms with Gasteiger partial charge in [0.2, 0.25) is 0 Å². The highest BCUT2D eigenvalue weighted by atomic mass is 15.3. The van der Waals surface area contributed by atoms with E-state index in [2.05, 4.69) is 146 Å². The van der Waals surface area contributed by atoms with Gasteiger partial charge in [0.25, 0.3) is 0 Å². The van der Waals surface area contributed by atoms with Crippen LogP contribution in [0, 0.1) is 0 Å². The van der Waals surface area contributed by atoms with Crippen LogP contribution < -0.4 is 4.90 Å². The number of aromatic nitrogens is 2. The topological polar surface area (TPSA) is 24.3 Å². The highest BCUT2D eigenvalue weighted by Crippen LogP contribution is 2.38. The van der Waals surface area contributed by atoms with Crippen LogP contribution in [0.4, 0.5) is 5.69 Å². The molecule has 7 rings (SSSR count). The molecule has 0 aliphatic carbocycles. The number of rotatable bonds is 3. The maximum atomic E-state index is 4.86. The van der Waals surface area contributed by atoms with Gasteiger partial charge in [0.1, 0.15) is 5.82 Å². The normalized spacial score (nSPS) is 13.8. The third-order valence-corrected chi connectivity index (χ3v) is 7.90. The summed E-state index contributed by atoms with van der Waals surface area (Å²) in [4.78, 5) is 9.33. The van der Waals surface area contributed by atoms with E-state index >= 15 is 0 Å². The maximum Gasteiger partial charge on any atom is 0.137 e. The fourth-order valence-corrected chi connectivity index (χ4v) is 5.78. The number of hydrogen-bond acceptors (Lipinski definition) is 3. The molecular weight excluding hydrogens is 476 g/mol. The Balaban J connectivity index is 1.45. The van der Waals surface area contributed by atoms with Crippen molar-refractivity contribution >= 4 is 38.3 Å². The molecule has 0 radical (unpaired) electrons. The Labute approximate surface area is 229 Å². The molecule has 0 bridgehead atoms. The Hall–Kier alpha value is -4.57. The van der Waals surface area contributed by atoms with Crippen molar-refractivity contribution in [1.29, 1.82) is 0 Å². The summed E-state index contributed by atoms with van der Waals surface area (Å²) in [5.74, 6) is 0.955. The molecule has 0 saturated carbocycles. The summed E-state index contributed by atoms with van der Waals surface area (Å²) in [5.41, 5.74) is 7.31. The van der Waals surface area contributed by atoms with Crippen LogP contribution in [0.5, 0.6) is 0 Å². The van der Waals surface area contributed by atoms with Gasteiger partial charge in [-0.25, -0.2) is 4.98 Å². The van der Waals surface area contributed by atoms with E-state index in [-0.39, 0.29) is 5.41 Å². The largest absolute Gasteiger partial charge is 0.361 e. The van der Waals surface area contributed by atoms with Gasteiger partial charge in [0.15, 0.2) is 0 Å². The minimum Gasteiger partial charge on any atom is -0.361 e. The van der Waals surface area contributed by atoms with Crippen molar-refractivity contribution < 1.29 is 0 Å². The van der Waals surface area contributed by atoms with E-state index < -0.39 is 0 Å². The molecule has 3 heterocycles. The van der Waals surface area contributed by atoms with Crippen molar-refractivity contribution in [2.75, 3.05) is 18.6 Å². The van der Waals surface area contributed by atoms with Crippen LogP contribution in [0.2, 0.25) is 0 Å². The molecule has 0 atom stereocenters. The molecule has 0 unspecified atom stereocenters. The quantitative estimate of drug-likeness (QED) is 0.240. The minimum atomic E-state index is 0.0433. The first kappa shape index (κ1) is 23.5. The average molecular weight is 509 g/mol. The third kappa shape index (κ3) is 3.95. The summed E-state index contributed by atoms with van der Waals surface area (Å²) >= 11 is 0. The van der Waals surface area contributed by atoms with Gasteiger partial charge in [0, 0.05) is 42.1 Å². The van der Waals surface area contributed by atoms with E-state index in [4.69, 9.17) is 4.98 Å². The molecule has 192 valence electrons. The molecule has 1 aliphatic heterocycles. The lowest BCUT2D eigenvalue weighted by molar-refractivity contribution is 0.496. The summed E-state index contributed by atoms with van der Waals surface area (Å²) in [7, 11) is 2.10. The van der Waals surface area contributed by atoms with Crippen molar-refractivity contribution in [2.45, 2.75) is 26.2 Å². The van der Waals surface area contributed by atoms with Crippen molar-refractivity contribution in [3.05, 3.63) is 115 Å². The number of pyridine rings is 1. The van der Waals surface area contributed by atoms with Crippen LogP contribution >= 0.6 is 0 Å². The van der Waals surface area contributed by atoms with Crippen molar-refractivity contribution in [3.8, 4) is 16.9 Å². The van der Waals surface area contributed by atoms with E-state index in [9.17, 15) is 0 Å². The van der Waals surface area contributed by atoms with E-state index in [0.29, 0.717) is 0 Å². The summed E-state index contributed by atoms with van der Waals surface area (Å²) < 4.78 is 2.32. The van der Waals surface area contributed by atoms with Crippen LogP contribution in [-0.4, -0.2) is 28.2 Å². The molecule has 4 nitrogen and oxygen atoms in total. The predicted molar refractivity (Wildman–Crippen MR) is 164 cm³/mol. The predicted octanol–water partition coefficient (Wildman–Crippen LogP) is 8.48. The van der Waals surface area contributed by atoms with Gasteiger partial charge in [0.05, 0.1) is 17.7 Å². The van der Waals surface area contributed by atoms with Crippen molar-refractivity contribution in [1.82, 2.24) is 14.5 Å². The first-order chi connectivity index (χ1) is 18.9. The summed E-state index contributed by atoms with van der Waals surface area (Å²) in [5, 5.41) is 4.98. The molecule has 39 heavy (non-hydrogen) atoms. The maximum absolute atomic E-state index is 4.86. The molecule has 1 aliphatic rings. The third-order valence-electron chi connectivity index (χ3n) is 7.90. The minimum absolute atomic E-state index is 0.0433. The second-order valence-corrected chi connectivity index (χ2v) is 11.6. The monoisotopic (exact) mass is 508 g/mol. The van der Waals surface area contributed by atoms with E-state index in [1.165, 1.54) is 55.0 Å². The molecule has 4 heteroatoms. The average Bonchev–Trinajstić information content (AvgIpc) is 3.53. The summed E-state index contributed by atoms with van der Waals surface area (Å²) in [6.07, 6.45) is 6.20. The highest BCUT2D eigenvalue weighted by Gasteiger charge is 2.19. The zero-order valence-corrected chi connectivity index (χ0v) is 22.9. The zero-order valence-electron chi connectivity index (χ0n) is 22.9. The van der Waals surface area contributed by atoms with Crippen LogP contribution in [0.3, 0.4) is 0 Å². The van der Waals surface area contributed by atoms with Crippen LogP contribution in [0.1, 0.15) is 26.3 Å². The molecule has 0 saturated heterocycles. The first-order valence-electron chi connectivity index (χ1n) is 13.6. The van der Waals surface area contributed by atoms with Gasteiger partial charge < -0.3 is 9.80 Å². The fourth-order valence-electron chi connectivity index (χ4n) is 5.78. The van der Waals surface area contributed by atoms with E-state index in [1.807, 2.05) is 6.20 Å². The molecule has 0 amide bonds. The standard InChI is InChI=1S/C35H32N4/c1-35(2,3)26-16-17-36-34(21-26)39-32-11-6-5-9-29(32)30-15-13-25(20-33(30)39)28-10-7-8-24-12-14-27(22-31(24)28)38-19-18-37(4)23-38/h5-22H,23H2,1-4H3. The second-order valence-electron chi connectivity index (χ2n) is 11.6.